The molecule has 1 rings (SSSR count). The predicted octanol–water partition coefficient (Wildman–Crippen LogP) is 1.51. The quantitative estimate of drug-likeness (QED) is 0.728. The molecule has 0 radical (unpaired) electrons. The van der Waals surface area contributed by atoms with E-state index in [0.717, 1.165) is 0 Å². The summed E-state index contributed by atoms with van der Waals surface area (Å²) >= 11 is 6.03. The molecule has 0 bridgehead atoms. The summed E-state index contributed by atoms with van der Waals surface area (Å²) in [6.07, 6.45) is 0. The minimum atomic E-state index is -3.70. The molecule has 1 aromatic rings. The molecule has 0 aliphatic carbocycles. The van der Waals surface area contributed by atoms with Gasteiger partial charge in [-0.1, -0.05) is 11.6 Å². The van der Waals surface area contributed by atoms with Crippen molar-refractivity contribution in [1.82, 2.24) is 4.31 Å². The van der Waals surface area contributed by atoms with Gasteiger partial charge in [-0.3, -0.25) is 0 Å². The topological polar surface area (TPSA) is 81.9 Å². The number of anilines is 1. The van der Waals surface area contributed by atoms with Gasteiger partial charge in [0.15, 0.2) is 0 Å². The number of nitrogens with two attached hydrogens (primary N) is 1. The molecule has 1 aromatic carbocycles. The second-order valence-corrected chi connectivity index (χ2v) is 6.85. The Morgan fingerprint density at radius 3 is 2.14 bits per heavy atom. The Kier molecular flexibility index (Phi) is 6.89. The lowest BCUT2D eigenvalue weighted by molar-refractivity contribution is 0.150. The number of rotatable bonds is 8. The number of nitrogen functional groups attached to an aromatic ring is 1. The van der Waals surface area contributed by atoms with Gasteiger partial charge in [0, 0.05) is 38.0 Å². The Hall–Kier alpha value is -0.860. The highest BCUT2D eigenvalue weighted by atomic mass is 35.5. The van der Waals surface area contributed by atoms with Crippen LogP contribution in [0.15, 0.2) is 17.0 Å². The first-order valence-corrected chi connectivity index (χ1v) is 8.20. The van der Waals surface area contributed by atoms with E-state index >= 15 is 0 Å². The van der Waals surface area contributed by atoms with E-state index in [2.05, 4.69) is 0 Å². The van der Waals surface area contributed by atoms with Gasteiger partial charge < -0.3 is 15.2 Å². The Bertz CT molecular complexity index is 547. The minimum absolute atomic E-state index is 0.0720. The molecule has 0 heterocycles. The van der Waals surface area contributed by atoms with Crippen molar-refractivity contribution in [3.05, 3.63) is 22.7 Å². The van der Waals surface area contributed by atoms with Crippen molar-refractivity contribution in [3.8, 4) is 0 Å². The summed E-state index contributed by atoms with van der Waals surface area (Å²) in [5.74, 6) is 0. The van der Waals surface area contributed by atoms with Crippen LogP contribution in [0.2, 0.25) is 5.02 Å². The third-order valence-corrected chi connectivity index (χ3v) is 5.35. The summed E-state index contributed by atoms with van der Waals surface area (Å²) in [6, 6.07) is 2.83. The zero-order chi connectivity index (χ0) is 16.0. The van der Waals surface area contributed by atoms with Crippen LogP contribution in [-0.4, -0.2) is 53.2 Å². The van der Waals surface area contributed by atoms with Crippen molar-refractivity contribution in [2.24, 2.45) is 0 Å². The number of halogens is 1. The van der Waals surface area contributed by atoms with Crippen LogP contribution in [0.4, 0.5) is 5.69 Å². The first-order chi connectivity index (χ1) is 9.84. The van der Waals surface area contributed by atoms with E-state index in [1.165, 1.54) is 30.7 Å². The first-order valence-electron chi connectivity index (χ1n) is 6.38. The lowest BCUT2D eigenvalue weighted by Crippen LogP contribution is -2.36. The highest BCUT2D eigenvalue weighted by Gasteiger charge is 2.25. The molecule has 0 aliphatic heterocycles. The predicted molar refractivity (Wildman–Crippen MR) is 83.1 cm³/mol. The second kappa shape index (κ2) is 7.95. The fourth-order valence-electron chi connectivity index (χ4n) is 1.71. The van der Waals surface area contributed by atoms with Crippen LogP contribution >= 0.6 is 11.6 Å². The van der Waals surface area contributed by atoms with Crippen LogP contribution in [0.1, 0.15) is 5.56 Å². The van der Waals surface area contributed by atoms with Gasteiger partial charge >= 0.3 is 0 Å². The Balaban J connectivity index is 3.15. The van der Waals surface area contributed by atoms with E-state index in [4.69, 9.17) is 26.8 Å². The number of hydrogen-bond acceptors (Lipinski definition) is 5. The van der Waals surface area contributed by atoms with Gasteiger partial charge in [0.25, 0.3) is 0 Å². The summed E-state index contributed by atoms with van der Waals surface area (Å²) in [7, 11) is -0.667. The number of ether oxygens (including phenoxy) is 2. The Morgan fingerprint density at radius 1 is 1.19 bits per heavy atom. The molecule has 0 fully saturated rings. The third kappa shape index (κ3) is 4.55. The molecule has 2 N–H and O–H groups in total. The normalized spacial score (nSPS) is 12.0. The van der Waals surface area contributed by atoms with Gasteiger partial charge in [-0.05, 0) is 24.6 Å². The number of hydrogen-bond donors (Lipinski definition) is 1. The maximum Gasteiger partial charge on any atom is 0.243 e. The van der Waals surface area contributed by atoms with E-state index in [1.807, 2.05) is 0 Å². The van der Waals surface area contributed by atoms with E-state index in [0.29, 0.717) is 16.3 Å². The highest BCUT2D eigenvalue weighted by Crippen LogP contribution is 2.27. The molecule has 8 heteroatoms. The molecule has 0 unspecified atom stereocenters. The largest absolute Gasteiger partial charge is 0.398 e. The molecule has 6 nitrogen and oxygen atoms in total. The molecular weight excluding hydrogens is 316 g/mol. The van der Waals surface area contributed by atoms with Gasteiger partial charge in [0.05, 0.1) is 18.1 Å². The maximum absolute atomic E-state index is 12.7. The number of benzene rings is 1. The monoisotopic (exact) mass is 336 g/mol. The molecule has 0 aliphatic rings. The fraction of sp³-hybridized carbons (Fsp3) is 0.538. The summed E-state index contributed by atoms with van der Waals surface area (Å²) in [5.41, 5.74) is 6.81. The lowest BCUT2D eigenvalue weighted by atomic mass is 10.2. The van der Waals surface area contributed by atoms with Crippen LogP contribution in [0, 0.1) is 6.92 Å². The molecule has 0 saturated heterocycles. The van der Waals surface area contributed by atoms with E-state index in [1.54, 1.807) is 6.92 Å². The van der Waals surface area contributed by atoms with E-state index in [9.17, 15) is 8.42 Å². The highest BCUT2D eigenvalue weighted by molar-refractivity contribution is 7.89. The molecule has 0 spiro atoms. The number of nitrogens with zero attached hydrogens (tertiary/aromatic N) is 1. The summed E-state index contributed by atoms with van der Waals surface area (Å²) in [6.45, 7) is 2.78. The van der Waals surface area contributed by atoms with Gasteiger partial charge in [0.1, 0.15) is 0 Å². The van der Waals surface area contributed by atoms with Gasteiger partial charge in [0.2, 0.25) is 10.0 Å². The first kappa shape index (κ1) is 18.2. The smallest absolute Gasteiger partial charge is 0.243 e. The Labute approximate surface area is 130 Å². The summed E-state index contributed by atoms with van der Waals surface area (Å²) in [5, 5.41) is 0.326. The maximum atomic E-state index is 12.7. The van der Waals surface area contributed by atoms with Crippen LogP contribution in [0.5, 0.6) is 0 Å². The second-order valence-electron chi connectivity index (χ2n) is 4.51. The number of methoxy groups -OCH3 is 2. The SMILES string of the molecule is COCCN(CCOC)S(=O)(=O)c1cc(N)c(C)c(Cl)c1. The third-order valence-electron chi connectivity index (χ3n) is 3.09. The van der Waals surface area contributed by atoms with Crippen LogP contribution in [-0.2, 0) is 19.5 Å². The zero-order valence-electron chi connectivity index (χ0n) is 12.4. The van der Waals surface area contributed by atoms with Crippen molar-refractivity contribution in [1.29, 1.82) is 0 Å². The molecule has 0 saturated carbocycles. The lowest BCUT2D eigenvalue weighted by Gasteiger charge is -2.22. The fourth-order valence-corrected chi connectivity index (χ4v) is 3.47. The van der Waals surface area contributed by atoms with Crippen molar-refractivity contribution in [2.75, 3.05) is 46.3 Å². The average Bonchev–Trinajstić information content (AvgIpc) is 2.44. The van der Waals surface area contributed by atoms with Crippen molar-refractivity contribution in [3.63, 3.8) is 0 Å². The molecule has 0 atom stereocenters. The van der Waals surface area contributed by atoms with Gasteiger partial charge in [-0.25, -0.2) is 8.42 Å². The van der Waals surface area contributed by atoms with Gasteiger partial charge in [-0.15, -0.1) is 0 Å². The van der Waals surface area contributed by atoms with E-state index < -0.39 is 10.0 Å². The minimum Gasteiger partial charge on any atom is -0.398 e. The zero-order valence-corrected chi connectivity index (χ0v) is 14.0. The van der Waals surface area contributed by atoms with Crippen LogP contribution in [0.25, 0.3) is 0 Å². The van der Waals surface area contributed by atoms with E-state index in [-0.39, 0.29) is 31.2 Å². The molecule has 0 amide bonds. The van der Waals surface area contributed by atoms with Crippen molar-refractivity contribution in [2.45, 2.75) is 11.8 Å². The molecule has 21 heavy (non-hydrogen) atoms. The summed E-state index contributed by atoms with van der Waals surface area (Å²) < 4.78 is 36.5. The van der Waals surface area contributed by atoms with Crippen molar-refractivity contribution < 1.29 is 17.9 Å². The van der Waals surface area contributed by atoms with Crippen LogP contribution in [0.3, 0.4) is 0 Å². The van der Waals surface area contributed by atoms with Gasteiger partial charge in [-0.2, -0.15) is 4.31 Å². The molecular formula is C13H21ClN2O4S. The summed E-state index contributed by atoms with van der Waals surface area (Å²) in [4.78, 5) is 0.0720. The van der Waals surface area contributed by atoms with Crippen molar-refractivity contribution >= 4 is 27.3 Å². The molecule has 0 aromatic heterocycles. The average molecular weight is 337 g/mol. The molecule has 120 valence electrons. The standard InChI is InChI=1S/C13H21ClN2O4S/c1-10-12(14)8-11(9-13(10)15)21(17,18)16(4-6-19-2)5-7-20-3/h8-9H,4-7,15H2,1-3H3. The number of sulfonamides is 1. The Morgan fingerprint density at radius 2 is 1.71 bits per heavy atom. The van der Waals surface area contributed by atoms with Crippen LogP contribution < -0.4 is 5.73 Å².